The van der Waals surface area contributed by atoms with Crippen LogP contribution in [0.1, 0.15) is 31.2 Å². The Balaban J connectivity index is 2.00. The molecule has 0 unspecified atom stereocenters. The predicted molar refractivity (Wildman–Crippen MR) is 81.6 cm³/mol. The Kier molecular flexibility index (Phi) is 4.78. The molecule has 2 aromatic rings. The lowest BCUT2D eigenvalue weighted by Crippen LogP contribution is -2.35. The van der Waals surface area contributed by atoms with Crippen molar-refractivity contribution < 1.29 is 9.13 Å². The van der Waals surface area contributed by atoms with Crippen LogP contribution in [0.15, 0.2) is 35.7 Å². The van der Waals surface area contributed by atoms with Gasteiger partial charge in [0.15, 0.2) is 0 Å². The largest absolute Gasteiger partial charge is 0.488 e. The van der Waals surface area contributed by atoms with Gasteiger partial charge in [-0.15, -0.1) is 11.3 Å². The van der Waals surface area contributed by atoms with E-state index in [1.165, 1.54) is 12.1 Å². The van der Waals surface area contributed by atoms with Gasteiger partial charge in [-0.1, -0.05) is 6.07 Å². The highest BCUT2D eigenvalue weighted by atomic mass is 32.1. The Labute approximate surface area is 123 Å². The third kappa shape index (κ3) is 4.94. The van der Waals surface area contributed by atoms with Gasteiger partial charge in [-0.05, 0) is 49.9 Å². The summed E-state index contributed by atoms with van der Waals surface area (Å²) in [5.41, 5.74) is 0.894. The normalized spacial score (nSPS) is 11.6. The number of thiophene rings is 1. The van der Waals surface area contributed by atoms with Crippen molar-refractivity contribution in [1.82, 2.24) is 5.32 Å². The maximum Gasteiger partial charge on any atom is 0.127 e. The van der Waals surface area contributed by atoms with Crippen molar-refractivity contribution in [2.75, 3.05) is 0 Å². The van der Waals surface area contributed by atoms with Crippen LogP contribution in [0.25, 0.3) is 0 Å². The lowest BCUT2D eigenvalue weighted by Gasteiger charge is -2.20. The molecule has 4 heteroatoms. The van der Waals surface area contributed by atoms with E-state index in [0.717, 1.165) is 10.4 Å². The second-order valence-electron chi connectivity index (χ2n) is 5.77. The highest BCUT2D eigenvalue weighted by molar-refractivity contribution is 7.09. The molecule has 1 N–H and O–H groups in total. The molecule has 0 fully saturated rings. The first kappa shape index (κ1) is 15.0. The summed E-state index contributed by atoms with van der Waals surface area (Å²) in [4.78, 5) is 1.13. The van der Waals surface area contributed by atoms with E-state index in [1.807, 2.05) is 23.6 Å². The summed E-state index contributed by atoms with van der Waals surface area (Å²) in [6, 6.07) is 8.83. The van der Waals surface area contributed by atoms with E-state index in [0.29, 0.717) is 18.9 Å². The molecule has 0 spiro atoms. The van der Waals surface area contributed by atoms with E-state index >= 15 is 0 Å². The summed E-state index contributed by atoms with van der Waals surface area (Å²) in [5, 5.41) is 5.35. The van der Waals surface area contributed by atoms with E-state index in [9.17, 15) is 4.39 Å². The average molecular weight is 293 g/mol. The minimum Gasteiger partial charge on any atom is -0.488 e. The molecule has 0 aliphatic carbocycles. The molecule has 1 aromatic carbocycles. The molecular weight excluding hydrogens is 273 g/mol. The van der Waals surface area contributed by atoms with Crippen LogP contribution in [0.2, 0.25) is 0 Å². The smallest absolute Gasteiger partial charge is 0.127 e. The van der Waals surface area contributed by atoms with Crippen LogP contribution in [-0.4, -0.2) is 5.54 Å². The third-order valence-corrected chi connectivity index (χ3v) is 3.57. The quantitative estimate of drug-likeness (QED) is 0.884. The molecule has 2 nitrogen and oxygen atoms in total. The Morgan fingerprint density at radius 2 is 2.05 bits per heavy atom. The molecule has 0 radical (unpaired) electrons. The lowest BCUT2D eigenvalue weighted by atomic mass is 10.1. The minimum absolute atomic E-state index is 0.00427. The van der Waals surface area contributed by atoms with Gasteiger partial charge in [0.1, 0.15) is 18.2 Å². The van der Waals surface area contributed by atoms with Gasteiger partial charge in [0, 0.05) is 23.0 Å². The number of ether oxygens (including phenoxy) is 1. The molecule has 0 saturated heterocycles. The number of rotatable bonds is 5. The number of hydrogen-bond donors (Lipinski definition) is 1. The van der Waals surface area contributed by atoms with Gasteiger partial charge in [0.25, 0.3) is 0 Å². The SMILES string of the molecule is CC(C)(C)NCc1cc(F)cc(OCc2cccs2)c1. The lowest BCUT2D eigenvalue weighted by molar-refractivity contribution is 0.307. The zero-order valence-electron chi connectivity index (χ0n) is 12.1. The first-order valence-electron chi connectivity index (χ1n) is 6.62. The van der Waals surface area contributed by atoms with Crippen molar-refractivity contribution in [3.05, 3.63) is 52.0 Å². The van der Waals surface area contributed by atoms with Crippen molar-refractivity contribution in [2.45, 2.75) is 39.5 Å². The summed E-state index contributed by atoms with van der Waals surface area (Å²) in [6.45, 7) is 7.35. The summed E-state index contributed by atoms with van der Waals surface area (Å²) in [7, 11) is 0. The standard InChI is InChI=1S/C16H20FNOS/c1-16(2,3)18-10-12-7-13(17)9-14(8-12)19-11-15-5-4-6-20-15/h4-9,18H,10-11H2,1-3H3. The Hall–Kier alpha value is -1.39. The first-order valence-corrected chi connectivity index (χ1v) is 7.50. The first-order chi connectivity index (χ1) is 9.42. The van der Waals surface area contributed by atoms with E-state index in [1.54, 1.807) is 11.3 Å². The fraction of sp³-hybridized carbons (Fsp3) is 0.375. The van der Waals surface area contributed by atoms with Crippen molar-refractivity contribution >= 4 is 11.3 Å². The fourth-order valence-electron chi connectivity index (χ4n) is 1.72. The van der Waals surface area contributed by atoms with Crippen LogP contribution in [0.3, 0.4) is 0 Å². The summed E-state index contributed by atoms with van der Waals surface area (Å²) < 4.78 is 19.3. The molecule has 0 bridgehead atoms. The van der Waals surface area contributed by atoms with Gasteiger partial charge in [-0.25, -0.2) is 4.39 Å². The van der Waals surface area contributed by atoms with Gasteiger partial charge in [0.05, 0.1) is 0 Å². The zero-order chi connectivity index (χ0) is 14.6. The second-order valence-corrected chi connectivity index (χ2v) is 6.80. The van der Waals surface area contributed by atoms with Crippen LogP contribution in [0, 0.1) is 5.82 Å². The summed E-state index contributed by atoms with van der Waals surface area (Å²) >= 11 is 1.63. The van der Waals surface area contributed by atoms with Crippen LogP contribution >= 0.6 is 11.3 Å². The van der Waals surface area contributed by atoms with Gasteiger partial charge >= 0.3 is 0 Å². The van der Waals surface area contributed by atoms with E-state index in [2.05, 4.69) is 26.1 Å². The molecule has 0 aliphatic rings. The Morgan fingerprint density at radius 1 is 1.25 bits per heavy atom. The summed E-state index contributed by atoms with van der Waals surface area (Å²) in [5.74, 6) is 0.309. The van der Waals surface area contributed by atoms with Crippen LogP contribution < -0.4 is 10.1 Å². The molecular formula is C16H20FNOS. The molecule has 108 valence electrons. The molecule has 20 heavy (non-hydrogen) atoms. The van der Waals surface area contributed by atoms with Gasteiger partial charge in [-0.3, -0.25) is 0 Å². The fourth-order valence-corrected chi connectivity index (χ4v) is 2.34. The van der Waals surface area contributed by atoms with Crippen LogP contribution in [0.4, 0.5) is 4.39 Å². The number of halogens is 1. The van der Waals surface area contributed by atoms with E-state index < -0.39 is 0 Å². The number of hydrogen-bond acceptors (Lipinski definition) is 3. The maximum absolute atomic E-state index is 13.6. The number of benzene rings is 1. The molecule has 0 amide bonds. The highest BCUT2D eigenvalue weighted by Crippen LogP contribution is 2.19. The molecule has 1 aromatic heterocycles. The Bertz CT molecular complexity index is 546. The van der Waals surface area contributed by atoms with Crippen molar-refractivity contribution in [3.8, 4) is 5.75 Å². The highest BCUT2D eigenvalue weighted by Gasteiger charge is 2.10. The van der Waals surface area contributed by atoms with E-state index in [-0.39, 0.29) is 11.4 Å². The molecule has 0 aliphatic heterocycles. The molecule has 2 rings (SSSR count). The third-order valence-electron chi connectivity index (χ3n) is 2.72. The zero-order valence-corrected chi connectivity index (χ0v) is 12.9. The van der Waals surface area contributed by atoms with Crippen LogP contribution in [-0.2, 0) is 13.2 Å². The van der Waals surface area contributed by atoms with Crippen molar-refractivity contribution in [2.24, 2.45) is 0 Å². The van der Waals surface area contributed by atoms with Crippen molar-refractivity contribution in [1.29, 1.82) is 0 Å². The molecule has 1 heterocycles. The van der Waals surface area contributed by atoms with Gasteiger partial charge < -0.3 is 10.1 Å². The van der Waals surface area contributed by atoms with E-state index in [4.69, 9.17) is 4.74 Å². The average Bonchev–Trinajstić information content (AvgIpc) is 2.86. The molecule has 0 atom stereocenters. The van der Waals surface area contributed by atoms with Gasteiger partial charge in [-0.2, -0.15) is 0 Å². The predicted octanol–water partition coefficient (Wildman–Crippen LogP) is 4.35. The van der Waals surface area contributed by atoms with Gasteiger partial charge in [0.2, 0.25) is 0 Å². The van der Waals surface area contributed by atoms with Crippen LogP contribution in [0.5, 0.6) is 5.75 Å². The second kappa shape index (κ2) is 6.37. The summed E-state index contributed by atoms with van der Waals surface area (Å²) in [6.07, 6.45) is 0. The monoisotopic (exact) mass is 293 g/mol. The number of nitrogens with one attached hydrogen (secondary N) is 1. The molecule has 0 saturated carbocycles. The minimum atomic E-state index is -0.264. The van der Waals surface area contributed by atoms with Crippen molar-refractivity contribution in [3.63, 3.8) is 0 Å². The topological polar surface area (TPSA) is 21.3 Å². The Morgan fingerprint density at radius 3 is 2.70 bits per heavy atom. The maximum atomic E-state index is 13.6.